The third-order valence-electron chi connectivity index (χ3n) is 6.44. The van der Waals surface area contributed by atoms with Crippen LogP contribution < -0.4 is 5.32 Å². The van der Waals surface area contributed by atoms with Crippen molar-refractivity contribution < 1.29 is 9.32 Å². The Morgan fingerprint density at radius 2 is 2.09 bits per heavy atom. The molecule has 0 unspecified atom stereocenters. The van der Waals surface area contributed by atoms with Gasteiger partial charge in [-0.1, -0.05) is 11.6 Å². The number of aryl methyl sites for hydroxylation is 2. The van der Waals surface area contributed by atoms with Crippen LogP contribution in [0.15, 0.2) is 4.52 Å². The highest BCUT2D eigenvalue weighted by atomic mass is 32.2. The first-order valence-electron chi connectivity index (χ1n) is 8.92. The number of nitrogens with one attached hydrogen (secondary N) is 1. The van der Waals surface area contributed by atoms with Crippen molar-refractivity contribution in [3.63, 3.8) is 0 Å². The maximum Gasteiger partial charge on any atom is 0.230 e. The van der Waals surface area contributed by atoms with Gasteiger partial charge in [-0.25, -0.2) is 0 Å². The molecule has 3 aliphatic carbocycles. The summed E-state index contributed by atoms with van der Waals surface area (Å²) in [5.74, 6) is 5.97. The summed E-state index contributed by atoms with van der Waals surface area (Å²) in [5, 5.41) is 7.30. The molecule has 3 aliphatic rings. The van der Waals surface area contributed by atoms with E-state index in [1.165, 1.54) is 32.1 Å². The first-order valence-corrected chi connectivity index (χ1v) is 10.1. The van der Waals surface area contributed by atoms with E-state index in [2.05, 4.69) is 10.5 Å². The average molecular weight is 334 g/mol. The van der Waals surface area contributed by atoms with Crippen LogP contribution in [-0.2, 0) is 10.5 Å². The summed E-state index contributed by atoms with van der Waals surface area (Å²) in [4.78, 5) is 12.3. The lowest BCUT2D eigenvalue weighted by molar-refractivity contribution is -0.119. The van der Waals surface area contributed by atoms with Crippen LogP contribution in [0.1, 0.15) is 49.1 Å². The molecule has 0 radical (unpaired) electrons. The summed E-state index contributed by atoms with van der Waals surface area (Å²) in [5.41, 5.74) is 2.08. The zero-order valence-electron chi connectivity index (χ0n) is 14.0. The maximum atomic E-state index is 12.3. The lowest BCUT2D eigenvalue weighted by atomic mass is 9.79. The van der Waals surface area contributed by atoms with Crippen LogP contribution in [0.25, 0.3) is 0 Å². The van der Waals surface area contributed by atoms with Crippen LogP contribution in [-0.4, -0.2) is 22.9 Å². The Balaban J connectivity index is 1.25. The topological polar surface area (TPSA) is 55.1 Å². The van der Waals surface area contributed by atoms with Gasteiger partial charge in [-0.05, 0) is 63.2 Å². The van der Waals surface area contributed by atoms with E-state index in [4.69, 9.17) is 4.52 Å². The van der Waals surface area contributed by atoms with Gasteiger partial charge in [0.25, 0.3) is 0 Å². The summed E-state index contributed by atoms with van der Waals surface area (Å²) in [6.07, 6.45) is 6.85. The van der Waals surface area contributed by atoms with E-state index in [1.807, 2.05) is 13.8 Å². The second kappa shape index (κ2) is 6.15. The number of carbonyl (C=O) groups is 1. The van der Waals surface area contributed by atoms with Crippen molar-refractivity contribution in [1.82, 2.24) is 10.5 Å². The number of fused-ring (bicyclic) bond motifs is 5. The molecule has 0 saturated heterocycles. The minimum Gasteiger partial charge on any atom is -0.361 e. The number of amides is 1. The van der Waals surface area contributed by atoms with Crippen LogP contribution >= 0.6 is 11.8 Å². The lowest BCUT2D eigenvalue weighted by Crippen LogP contribution is -2.43. The second-order valence-corrected chi connectivity index (χ2v) is 8.61. The van der Waals surface area contributed by atoms with Gasteiger partial charge in [-0.15, -0.1) is 11.8 Å². The van der Waals surface area contributed by atoms with Crippen molar-refractivity contribution in [3.8, 4) is 0 Å². The highest BCUT2D eigenvalue weighted by Gasteiger charge is 2.53. The van der Waals surface area contributed by atoms with Crippen LogP contribution in [0.2, 0.25) is 0 Å². The van der Waals surface area contributed by atoms with Crippen molar-refractivity contribution in [1.29, 1.82) is 0 Å². The quantitative estimate of drug-likeness (QED) is 0.896. The molecular weight excluding hydrogens is 308 g/mol. The molecule has 2 bridgehead atoms. The fourth-order valence-corrected chi connectivity index (χ4v) is 6.42. The molecule has 1 amide bonds. The Morgan fingerprint density at radius 1 is 1.26 bits per heavy atom. The summed E-state index contributed by atoms with van der Waals surface area (Å²) in [7, 11) is 0. The molecule has 126 valence electrons. The molecular formula is C18H26N2O2S. The van der Waals surface area contributed by atoms with E-state index in [9.17, 15) is 4.79 Å². The fraction of sp³-hybridized carbons (Fsp3) is 0.778. The molecule has 0 aromatic carbocycles. The van der Waals surface area contributed by atoms with Crippen molar-refractivity contribution >= 4 is 17.7 Å². The highest BCUT2D eigenvalue weighted by Crippen LogP contribution is 2.58. The molecule has 4 nitrogen and oxygen atoms in total. The van der Waals surface area contributed by atoms with Crippen LogP contribution in [0.3, 0.4) is 0 Å². The molecule has 3 saturated carbocycles. The number of carbonyl (C=O) groups excluding carboxylic acids is 1. The van der Waals surface area contributed by atoms with Crippen LogP contribution in [0, 0.1) is 37.5 Å². The molecule has 5 atom stereocenters. The smallest absolute Gasteiger partial charge is 0.230 e. The number of rotatable bonds is 5. The van der Waals surface area contributed by atoms with Crippen LogP contribution in [0.5, 0.6) is 0 Å². The summed E-state index contributed by atoms with van der Waals surface area (Å²) in [6.45, 7) is 3.89. The van der Waals surface area contributed by atoms with E-state index >= 15 is 0 Å². The van der Waals surface area contributed by atoms with Gasteiger partial charge in [0, 0.05) is 17.4 Å². The van der Waals surface area contributed by atoms with Gasteiger partial charge in [-0.2, -0.15) is 0 Å². The van der Waals surface area contributed by atoms with E-state index in [0.29, 0.717) is 11.8 Å². The Bertz CT molecular complexity index is 580. The molecule has 1 N–H and O–H groups in total. The highest BCUT2D eigenvalue weighted by molar-refractivity contribution is 7.99. The largest absolute Gasteiger partial charge is 0.361 e. The fourth-order valence-electron chi connectivity index (χ4n) is 5.44. The number of aromatic nitrogens is 1. The number of hydrogen-bond acceptors (Lipinski definition) is 4. The molecule has 3 fully saturated rings. The molecule has 0 spiro atoms. The first-order chi connectivity index (χ1) is 11.1. The third-order valence-corrected chi connectivity index (χ3v) is 7.39. The SMILES string of the molecule is Cc1noc(C)c1CSCC(=O)N[C@@H]1C[C@H]2C[C@H]1[C@H]1CCC[C@@H]21. The number of nitrogens with zero attached hydrogens (tertiary/aromatic N) is 1. The summed E-state index contributed by atoms with van der Waals surface area (Å²) < 4.78 is 5.17. The minimum absolute atomic E-state index is 0.203. The molecule has 0 aliphatic heterocycles. The van der Waals surface area contributed by atoms with Gasteiger partial charge in [0.05, 0.1) is 11.4 Å². The molecule has 1 aromatic heterocycles. The standard InChI is InChI=1S/C18H26N2O2S/c1-10-16(11(2)22-20-10)8-23-9-18(21)19-17-7-12-6-15(17)14-5-3-4-13(12)14/h12-15,17H,3-9H2,1-2H3,(H,19,21)/t12-,13+,14+,15+,17-/m1/s1. The van der Waals surface area contributed by atoms with Crippen LogP contribution in [0.4, 0.5) is 0 Å². The number of hydrogen-bond donors (Lipinski definition) is 1. The maximum absolute atomic E-state index is 12.3. The van der Waals surface area contributed by atoms with E-state index in [-0.39, 0.29) is 5.91 Å². The van der Waals surface area contributed by atoms with Crippen molar-refractivity contribution in [2.24, 2.45) is 23.7 Å². The Morgan fingerprint density at radius 3 is 2.87 bits per heavy atom. The first kappa shape index (κ1) is 15.6. The van der Waals surface area contributed by atoms with Gasteiger partial charge >= 0.3 is 0 Å². The number of thioether (sulfide) groups is 1. The lowest BCUT2D eigenvalue weighted by Gasteiger charge is -2.32. The zero-order chi connectivity index (χ0) is 16.0. The minimum atomic E-state index is 0.203. The molecule has 1 heterocycles. The van der Waals surface area contributed by atoms with Crippen molar-refractivity contribution in [2.75, 3.05) is 5.75 Å². The monoisotopic (exact) mass is 334 g/mol. The zero-order valence-corrected chi connectivity index (χ0v) is 14.8. The van der Waals surface area contributed by atoms with Gasteiger partial charge in [0.15, 0.2) is 0 Å². The van der Waals surface area contributed by atoms with E-state index in [1.54, 1.807) is 11.8 Å². The Labute approximate surface area is 142 Å². The average Bonchev–Trinajstić information content (AvgIpc) is 3.24. The van der Waals surface area contributed by atoms with Gasteiger partial charge < -0.3 is 9.84 Å². The molecule has 1 aromatic rings. The van der Waals surface area contributed by atoms with Crippen molar-refractivity contribution in [3.05, 3.63) is 17.0 Å². The van der Waals surface area contributed by atoms with Gasteiger partial charge in [-0.3, -0.25) is 4.79 Å². The summed E-state index contributed by atoms with van der Waals surface area (Å²) in [6, 6.07) is 0.450. The summed E-state index contributed by atoms with van der Waals surface area (Å²) >= 11 is 1.66. The molecule has 4 rings (SSSR count). The molecule has 5 heteroatoms. The second-order valence-electron chi connectivity index (χ2n) is 7.62. The van der Waals surface area contributed by atoms with Gasteiger partial charge in [0.1, 0.15) is 5.76 Å². The van der Waals surface area contributed by atoms with E-state index in [0.717, 1.165) is 46.4 Å². The Kier molecular flexibility index (Phi) is 4.16. The Hall–Kier alpha value is -0.970. The normalized spacial score (nSPS) is 34.8. The van der Waals surface area contributed by atoms with Crippen molar-refractivity contribution in [2.45, 2.75) is 57.7 Å². The molecule has 23 heavy (non-hydrogen) atoms. The van der Waals surface area contributed by atoms with Gasteiger partial charge in [0.2, 0.25) is 5.91 Å². The predicted octanol–water partition coefficient (Wildman–Crippen LogP) is 3.47. The third kappa shape index (κ3) is 2.81. The predicted molar refractivity (Wildman–Crippen MR) is 91.1 cm³/mol. The van der Waals surface area contributed by atoms with E-state index < -0.39 is 0 Å².